The van der Waals surface area contributed by atoms with Crippen molar-refractivity contribution in [3.8, 4) is 11.5 Å². The molecule has 3 aromatic rings. The van der Waals surface area contributed by atoms with E-state index >= 15 is 0 Å². The van der Waals surface area contributed by atoms with Crippen molar-refractivity contribution >= 4 is 40.0 Å². The van der Waals surface area contributed by atoms with Crippen LogP contribution in [0.25, 0.3) is 10.9 Å². The van der Waals surface area contributed by atoms with Crippen LogP contribution in [0.5, 0.6) is 11.5 Å². The Balaban J connectivity index is 1.61. The van der Waals surface area contributed by atoms with Crippen molar-refractivity contribution in [3.05, 3.63) is 47.5 Å². The number of ether oxygens (including phenoxy) is 4. The summed E-state index contributed by atoms with van der Waals surface area (Å²) in [4.78, 5) is 22.7. The zero-order valence-electron chi connectivity index (χ0n) is 19.6. The third kappa shape index (κ3) is 5.72. The van der Waals surface area contributed by atoms with Crippen LogP contribution in [-0.2, 0) is 14.3 Å². The molecule has 0 aliphatic carbocycles. The van der Waals surface area contributed by atoms with Crippen molar-refractivity contribution in [2.24, 2.45) is 0 Å². The molecule has 11 heteroatoms. The summed E-state index contributed by atoms with van der Waals surface area (Å²) in [6.07, 6.45) is 1.28. The number of morpholine rings is 1. The number of halogens is 2. The first-order valence-corrected chi connectivity index (χ1v) is 11.4. The highest BCUT2D eigenvalue weighted by atomic mass is 35.5. The molecule has 2 unspecified atom stereocenters. The maximum atomic E-state index is 13.5. The molecule has 1 aromatic heterocycles. The van der Waals surface area contributed by atoms with Crippen LogP contribution < -0.4 is 14.8 Å². The SMILES string of the molecule is CCC(Oc1cc2ncnc(Nc3ccc(F)c(Cl)c3)c2cc1OC)N1CC(=O)OC(COC)C1. The Morgan fingerprint density at radius 2 is 2.09 bits per heavy atom. The number of cyclic esters (lactones) is 1. The molecule has 0 spiro atoms. The monoisotopic (exact) mass is 504 g/mol. The van der Waals surface area contributed by atoms with E-state index < -0.39 is 12.0 Å². The van der Waals surface area contributed by atoms with E-state index in [4.69, 9.17) is 30.5 Å². The number of benzene rings is 2. The average molecular weight is 505 g/mol. The first-order chi connectivity index (χ1) is 16.9. The average Bonchev–Trinajstić information content (AvgIpc) is 2.84. The zero-order valence-corrected chi connectivity index (χ0v) is 20.3. The molecule has 1 saturated heterocycles. The Bertz CT molecular complexity index is 1210. The third-order valence-corrected chi connectivity index (χ3v) is 5.83. The Hall–Kier alpha value is -3.21. The lowest BCUT2D eigenvalue weighted by Crippen LogP contribution is -2.52. The maximum absolute atomic E-state index is 13.5. The Kier molecular flexibility index (Phi) is 7.84. The van der Waals surface area contributed by atoms with Crippen LogP contribution in [0.15, 0.2) is 36.7 Å². The van der Waals surface area contributed by atoms with E-state index in [0.717, 1.165) is 0 Å². The molecule has 9 nitrogen and oxygen atoms in total. The maximum Gasteiger partial charge on any atom is 0.320 e. The molecule has 35 heavy (non-hydrogen) atoms. The summed E-state index contributed by atoms with van der Waals surface area (Å²) in [5.74, 6) is 0.614. The molecule has 0 bridgehead atoms. The molecule has 0 amide bonds. The molecule has 0 radical (unpaired) electrons. The number of rotatable bonds is 9. The van der Waals surface area contributed by atoms with Crippen molar-refractivity contribution in [1.29, 1.82) is 0 Å². The van der Waals surface area contributed by atoms with Gasteiger partial charge in [0.25, 0.3) is 0 Å². The second-order valence-corrected chi connectivity index (χ2v) is 8.38. The number of hydrogen-bond acceptors (Lipinski definition) is 9. The van der Waals surface area contributed by atoms with Crippen molar-refractivity contribution in [3.63, 3.8) is 0 Å². The van der Waals surface area contributed by atoms with E-state index in [0.29, 0.717) is 53.5 Å². The van der Waals surface area contributed by atoms with E-state index in [1.54, 1.807) is 32.4 Å². The van der Waals surface area contributed by atoms with Gasteiger partial charge in [0.2, 0.25) is 0 Å². The quantitative estimate of drug-likeness (QED) is 0.431. The van der Waals surface area contributed by atoms with Gasteiger partial charge in [-0.15, -0.1) is 0 Å². The minimum absolute atomic E-state index is 0.00145. The van der Waals surface area contributed by atoms with Crippen LogP contribution in [0.4, 0.5) is 15.9 Å². The normalized spacial score (nSPS) is 17.2. The number of hydrogen-bond donors (Lipinski definition) is 1. The van der Waals surface area contributed by atoms with Crippen LogP contribution in [0.2, 0.25) is 5.02 Å². The van der Waals surface area contributed by atoms with Gasteiger partial charge in [-0.1, -0.05) is 18.5 Å². The molecule has 2 atom stereocenters. The van der Waals surface area contributed by atoms with Gasteiger partial charge in [0, 0.05) is 30.8 Å². The van der Waals surface area contributed by atoms with Gasteiger partial charge in [-0.3, -0.25) is 9.69 Å². The number of nitrogens with zero attached hydrogens (tertiary/aromatic N) is 3. The molecular formula is C24H26ClFN4O5. The van der Waals surface area contributed by atoms with E-state index in [-0.39, 0.29) is 23.6 Å². The minimum Gasteiger partial charge on any atom is -0.493 e. The molecule has 0 saturated carbocycles. The van der Waals surface area contributed by atoms with Gasteiger partial charge in [-0.2, -0.15) is 0 Å². The summed E-state index contributed by atoms with van der Waals surface area (Å²) in [5, 5.41) is 3.82. The number of carbonyl (C=O) groups is 1. The lowest BCUT2D eigenvalue weighted by atomic mass is 10.2. The minimum atomic E-state index is -0.505. The third-order valence-electron chi connectivity index (χ3n) is 5.54. The summed E-state index contributed by atoms with van der Waals surface area (Å²) in [5.41, 5.74) is 1.18. The number of methoxy groups -OCH3 is 2. The van der Waals surface area contributed by atoms with Crippen molar-refractivity contribution < 1.29 is 28.1 Å². The Morgan fingerprint density at radius 1 is 1.26 bits per heavy atom. The van der Waals surface area contributed by atoms with E-state index in [1.165, 1.54) is 18.5 Å². The van der Waals surface area contributed by atoms with Gasteiger partial charge >= 0.3 is 5.97 Å². The standard InChI is InChI=1S/C24H26ClFN4O5/c1-4-22(30-10-15(12-32-2)34-23(31)11-30)35-21-9-19-16(8-20(21)33-3)24(28-13-27-19)29-14-5-6-18(26)17(25)7-14/h5-9,13,15,22H,4,10-12H2,1-3H3,(H,27,28,29). The number of anilines is 2. The molecular weight excluding hydrogens is 479 g/mol. The molecule has 2 aromatic carbocycles. The van der Waals surface area contributed by atoms with Crippen molar-refractivity contribution in [1.82, 2.24) is 14.9 Å². The topological polar surface area (TPSA) is 95.0 Å². The predicted molar refractivity (Wildman–Crippen MR) is 129 cm³/mol. The predicted octanol–water partition coefficient (Wildman–Crippen LogP) is 4.16. The second kappa shape index (κ2) is 11.0. The molecule has 1 aliphatic heterocycles. The van der Waals surface area contributed by atoms with Gasteiger partial charge in [0.1, 0.15) is 24.1 Å². The highest BCUT2D eigenvalue weighted by Crippen LogP contribution is 2.36. The van der Waals surface area contributed by atoms with E-state index in [2.05, 4.69) is 15.3 Å². The lowest BCUT2D eigenvalue weighted by molar-refractivity contribution is -0.169. The molecule has 1 N–H and O–H groups in total. The molecule has 1 aliphatic rings. The Labute approximate surface area is 207 Å². The molecule has 186 valence electrons. The fourth-order valence-corrected chi connectivity index (χ4v) is 4.11. The van der Waals surface area contributed by atoms with E-state index in [9.17, 15) is 9.18 Å². The molecule has 2 heterocycles. The molecule has 1 fully saturated rings. The summed E-state index contributed by atoms with van der Waals surface area (Å²) >= 11 is 5.90. The summed E-state index contributed by atoms with van der Waals surface area (Å²) in [7, 11) is 3.11. The number of carbonyl (C=O) groups excluding carboxylic acids is 1. The number of nitrogens with one attached hydrogen (secondary N) is 1. The van der Waals surface area contributed by atoms with Gasteiger partial charge in [-0.05, 0) is 30.7 Å². The number of fused-ring (bicyclic) bond motifs is 1. The molecule has 4 rings (SSSR count). The second-order valence-electron chi connectivity index (χ2n) is 7.97. The van der Waals surface area contributed by atoms with Crippen LogP contribution >= 0.6 is 11.6 Å². The fraction of sp³-hybridized carbons (Fsp3) is 0.375. The fourth-order valence-electron chi connectivity index (χ4n) is 3.93. The number of esters is 1. The highest BCUT2D eigenvalue weighted by molar-refractivity contribution is 6.31. The van der Waals surface area contributed by atoms with Crippen LogP contribution in [0.1, 0.15) is 13.3 Å². The van der Waals surface area contributed by atoms with Gasteiger partial charge in [0.05, 0.1) is 30.8 Å². The van der Waals surface area contributed by atoms with Gasteiger partial charge in [-0.25, -0.2) is 14.4 Å². The van der Waals surface area contributed by atoms with Crippen LogP contribution in [0.3, 0.4) is 0 Å². The van der Waals surface area contributed by atoms with Crippen LogP contribution in [0, 0.1) is 5.82 Å². The van der Waals surface area contributed by atoms with Gasteiger partial charge in [0.15, 0.2) is 17.7 Å². The summed E-state index contributed by atoms with van der Waals surface area (Å²) in [6.45, 7) is 2.89. The smallest absolute Gasteiger partial charge is 0.320 e. The van der Waals surface area contributed by atoms with Crippen molar-refractivity contribution in [2.75, 3.05) is 39.2 Å². The largest absolute Gasteiger partial charge is 0.493 e. The van der Waals surface area contributed by atoms with Crippen molar-refractivity contribution in [2.45, 2.75) is 25.7 Å². The van der Waals surface area contributed by atoms with E-state index in [1.807, 2.05) is 11.8 Å². The summed E-state index contributed by atoms with van der Waals surface area (Å²) < 4.78 is 35.9. The highest BCUT2D eigenvalue weighted by Gasteiger charge is 2.32. The zero-order chi connectivity index (χ0) is 24.9. The Morgan fingerprint density at radius 3 is 2.80 bits per heavy atom. The van der Waals surface area contributed by atoms with Crippen LogP contribution in [-0.4, -0.2) is 67.1 Å². The summed E-state index contributed by atoms with van der Waals surface area (Å²) in [6, 6.07) is 7.85. The number of aromatic nitrogens is 2. The lowest BCUT2D eigenvalue weighted by Gasteiger charge is -2.36. The first kappa shape index (κ1) is 24.9. The van der Waals surface area contributed by atoms with Gasteiger partial charge < -0.3 is 24.3 Å². The first-order valence-electron chi connectivity index (χ1n) is 11.1.